The standard InChI is InChI=1S/C18H11F3N2O7/c1-7-2-11(18(19,20)21)9(5-22-7)16-14(17(26)27)10(6-30-16)8-3-12(23(28)29)15(25)13(24)4-8/h2-6,24-25H,1H3,(H,26,27). The van der Waals surface area contributed by atoms with E-state index in [1.54, 1.807) is 0 Å². The highest BCUT2D eigenvalue weighted by Crippen LogP contribution is 2.44. The number of halogens is 3. The van der Waals surface area contributed by atoms with E-state index in [0.717, 1.165) is 30.7 Å². The smallest absolute Gasteiger partial charge is 0.417 e. The number of nitro groups is 1. The van der Waals surface area contributed by atoms with E-state index in [-0.39, 0.29) is 16.8 Å². The number of aryl methyl sites for hydroxylation is 1. The van der Waals surface area contributed by atoms with Crippen molar-refractivity contribution >= 4 is 11.7 Å². The molecule has 0 radical (unpaired) electrons. The number of aromatic nitrogens is 1. The van der Waals surface area contributed by atoms with Crippen molar-refractivity contribution in [2.24, 2.45) is 0 Å². The van der Waals surface area contributed by atoms with Crippen LogP contribution in [0.1, 0.15) is 21.6 Å². The molecule has 1 aromatic carbocycles. The normalized spacial score (nSPS) is 11.5. The van der Waals surface area contributed by atoms with Crippen molar-refractivity contribution in [2.75, 3.05) is 0 Å². The number of phenolic OH excluding ortho intramolecular Hbond substituents is 2. The molecule has 12 heteroatoms. The number of carbonyl (C=O) groups is 1. The van der Waals surface area contributed by atoms with Crippen LogP contribution in [-0.4, -0.2) is 31.2 Å². The summed E-state index contributed by atoms with van der Waals surface area (Å²) >= 11 is 0. The van der Waals surface area contributed by atoms with Crippen LogP contribution in [0.5, 0.6) is 11.5 Å². The van der Waals surface area contributed by atoms with Crippen LogP contribution in [0.2, 0.25) is 0 Å². The van der Waals surface area contributed by atoms with Crippen LogP contribution in [0.15, 0.2) is 35.1 Å². The maximum atomic E-state index is 13.5. The molecule has 3 N–H and O–H groups in total. The van der Waals surface area contributed by atoms with Crippen LogP contribution in [-0.2, 0) is 6.18 Å². The SMILES string of the molecule is Cc1cc(C(F)(F)F)c(-c2occ(-c3cc(O)c(O)c([N+](=O)[O-])c3)c2C(=O)O)cn1. The minimum atomic E-state index is -4.85. The van der Waals surface area contributed by atoms with Crippen LogP contribution in [0, 0.1) is 17.0 Å². The third-order valence-corrected chi connectivity index (χ3v) is 4.17. The van der Waals surface area contributed by atoms with Crippen molar-refractivity contribution in [1.82, 2.24) is 4.98 Å². The lowest BCUT2D eigenvalue weighted by molar-refractivity contribution is -0.385. The number of carboxylic acids is 1. The van der Waals surface area contributed by atoms with E-state index in [4.69, 9.17) is 4.42 Å². The fourth-order valence-corrected chi connectivity index (χ4v) is 2.86. The molecule has 156 valence electrons. The molecule has 30 heavy (non-hydrogen) atoms. The van der Waals surface area contributed by atoms with E-state index in [9.17, 15) is 43.4 Å². The summed E-state index contributed by atoms with van der Waals surface area (Å²) in [5, 5.41) is 40.0. The van der Waals surface area contributed by atoms with Crippen molar-refractivity contribution in [2.45, 2.75) is 13.1 Å². The molecule has 0 saturated heterocycles. The lowest BCUT2D eigenvalue weighted by atomic mass is 9.97. The van der Waals surface area contributed by atoms with Gasteiger partial charge in [0.05, 0.1) is 16.7 Å². The first-order valence-corrected chi connectivity index (χ1v) is 8.01. The van der Waals surface area contributed by atoms with Crippen molar-refractivity contribution in [3.05, 3.63) is 57.6 Å². The predicted molar refractivity (Wildman–Crippen MR) is 94.1 cm³/mol. The second kappa shape index (κ2) is 7.06. The molecule has 0 atom stereocenters. The molecule has 0 fully saturated rings. The van der Waals surface area contributed by atoms with E-state index >= 15 is 0 Å². The Morgan fingerprint density at radius 3 is 2.43 bits per heavy atom. The Kier molecular flexibility index (Phi) is 4.86. The summed E-state index contributed by atoms with van der Waals surface area (Å²) in [5.41, 5.74) is -4.06. The molecule has 2 aromatic heterocycles. The number of nitrogens with zero attached hydrogens (tertiary/aromatic N) is 2. The van der Waals surface area contributed by atoms with Gasteiger partial charge in [-0.15, -0.1) is 0 Å². The average Bonchev–Trinajstić information content (AvgIpc) is 3.08. The van der Waals surface area contributed by atoms with Gasteiger partial charge in [-0.2, -0.15) is 13.2 Å². The summed E-state index contributed by atoms with van der Waals surface area (Å²) < 4.78 is 45.5. The number of aromatic carboxylic acids is 1. The summed E-state index contributed by atoms with van der Waals surface area (Å²) in [5.74, 6) is -4.33. The van der Waals surface area contributed by atoms with Gasteiger partial charge in [-0.1, -0.05) is 0 Å². The Balaban J connectivity index is 2.31. The molecular formula is C18H11F3N2O7. The van der Waals surface area contributed by atoms with Crippen LogP contribution in [0.25, 0.3) is 22.5 Å². The molecule has 0 bridgehead atoms. The van der Waals surface area contributed by atoms with E-state index in [1.165, 1.54) is 6.92 Å². The average molecular weight is 424 g/mol. The monoisotopic (exact) mass is 424 g/mol. The summed E-state index contributed by atoms with van der Waals surface area (Å²) in [6.07, 6.45) is -3.25. The van der Waals surface area contributed by atoms with Gasteiger partial charge >= 0.3 is 17.8 Å². The fraction of sp³-hybridized carbons (Fsp3) is 0.111. The molecule has 0 amide bonds. The zero-order valence-electron chi connectivity index (χ0n) is 14.9. The number of pyridine rings is 1. The van der Waals surface area contributed by atoms with E-state index in [0.29, 0.717) is 0 Å². The Hall–Kier alpha value is -4.09. The quantitative estimate of drug-likeness (QED) is 0.318. The van der Waals surface area contributed by atoms with Gasteiger partial charge in [-0.05, 0) is 24.6 Å². The van der Waals surface area contributed by atoms with Gasteiger partial charge in [0.1, 0.15) is 5.56 Å². The number of aromatic hydroxyl groups is 2. The predicted octanol–water partition coefficient (Wildman–Crippen LogP) is 4.35. The van der Waals surface area contributed by atoms with Crippen LogP contribution in [0.3, 0.4) is 0 Å². The Morgan fingerprint density at radius 1 is 1.20 bits per heavy atom. The Bertz CT molecular complexity index is 1190. The molecular weight excluding hydrogens is 413 g/mol. The molecule has 2 heterocycles. The van der Waals surface area contributed by atoms with Crippen LogP contribution < -0.4 is 0 Å². The molecule has 3 rings (SSSR count). The molecule has 3 aromatic rings. The van der Waals surface area contributed by atoms with Crippen molar-refractivity contribution in [1.29, 1.82) is 0 Å². The number of hydrogen-bond donors (Lipinski definition) is 3. The molecule has 0 aliphatic heterocycles. The lowest BCUT2D eigenvalue weighted by Gasteiger charge is -2.12. The van der Waals surface area contributed by atoms with Gasteiger partial charge in [-0.25, -0.2) is 4.79 Å². The first-order chi connectivity index (χ1) is 13.9. The maximum Gasteiger partial charge on any atom is 0.417 e. The van der Waals surface area contributed by atoms with E-state index in [2.05, 4.69) is 4.98 Å². The number of nitro benzene ring substituents is 1. The number of alkyl halides is 3. The lowest BCUT2D eigenvalue weighted by Crippen LogP contribution is -2.09. The Morgan fingerprint density at radius 2 is 1.87 bits per heavy atom. The number of benzene rings is 1. The summed E-state index contributed by atoms with van der Waals surface area (Å²) in [4.78, 5) is 25.6. The van der Waals surface area contributed by atoms with E-state index in [1.807, 2.05) is 0 Å². The molecule has 0 spiro atoms. The summed E-state index contributed by atoms with van der Waals surface area (Å²) in [6, 6.07) is 2.30. The third kappa shape index (κ3) is 3.50. The zero-order chi connectivity index (χ0) is 22.4. The van der Waals surface area contributed by atoms with Gasteiger partial charge in [0.2, 0.25) is 5.75 Å². The van der Waals surface area contributed by atoms with Crippen LogP contribution >= 0.6 is 0 Å². The van der Waals surface area contributed by atoms with Gasteiger partial charge in [0.15, 0.2) is 11.5 Å². The third-order valence-electron chi connectivity index (χ3n) is 4.17. The van der Waals surface area contributed by atoms with E-state index < -0.39 is 56.7 Å². The molecule has 9 nitrogen and oxygen atoms in total. The molecule has 0 unspecified atom stereocenters. The largest absolute Gasteiger partial charge is 0.504 e. The minimum Gasteiger partial charge on any atom is -0.504 e. The van der Waals surface area contributed by atoms with Crippen LogP contribution in [0.4, 0.5) is 18.9 Å². The first kappa shape index (κ1) is 20.6. The minimum absolute atomic E-state index is 0.0359. The first-order valence-electron chi connectivity index (χ1n) is 8.01. The summed E-state index contributed by atoms with van der Waals surface area (Å²) in [7, 11) is 0. The molecule has 0 saturated carbocycles. The fourth-order valence-electron chi connectivity index (χ4n) is 2.86. The number of phenols is 2. The van der Waals surface area contributed by atoms with Crippen molar-refractivity contribution in [3.63, 3.8) is 0 Å². The number of furan rings is 1. The van der Waals surface area contributed by atoms with Gasteiger partial charge in [-0.3, -0.25) is 15.1 Å². The number of carboxylic acid groups (broad SMARTS) is 1. The highest BCUT2D eigenvalue weighted by molar-refractivity contribution is 6.02. The van der Waals surface area contributed by atoms with Gasteiger partial charge in [0, 0.05) is 29.1 Å². The zero-order valence-corrected chi connectivity index (χ0v) is 14.9. The molecule has 0 aliphatic carbocycles. The highest BCUT2D eigenvalue weighted by atomic mass is 19.4. The highest BCUT2D eigenvalue weighted by Gasteiger charge is 2.37. The molecule has 0 aliphatic rings. The number of hydrogen-bond acceptors (Lipinski definition) is 7. The van der Waals surface area contributed by atoms with Gasteiger partial charge in [0.25, 0.3) is 0 Å². The Labute approximate surface area is 164 Å². The van der Waals surface area contributed by atoms with Crippen molar-refractivity contribution < 1.29 is 42.6 Å². The summed E-state index contributed by atoms with van der Waals surface area (Å²) in [6.45, 7) is 1.32. The second-order valence-electron chi connectivity index (χ2n) is 6.15. The number of rotatable bonds is 4. The topological polar surface area (TPSA) is 147 Å². The second-order valence-corrected chi connectivity index (χ2v) is 6.15. The maximum absolute atomic E-state index is 13.5. The van der Waals surface area contributed by atoms with Gasteiger partial charge < -0.3 is 19.7 Å². The van der Waals surface area contributed by atoms with Crippen molar-refractivity contribution in [3.8, 4) is 33.9 Å².